The second kappa shape index (κ2) is 9.48. The first-order valence-electron chi connectivity index (χ1n) is 8.21. The number of rotatable bonds is 8. The highest BCUT2D eigenvalue weighted by atomic mass is 19.1. The summed E-state index contributed by atoms with van der Waals surface area (Å²) in [5.74, 6) is -1.09. The van der Waals surface area contributed by atoms with Crippen molar-refractivity contribution in [1.82, 2.24) is 10.3 Å². The van der Waals surface area contributed by atoms with E-state index in [0.29, 0.717) is 30.2 Å². The summed E-state index contributed by atoms with van der Waals surface area (Å²) in [5.41, 5.74) is 1.23. The Labute approximate surface area is 155 Å². The lowest BCUT2D eigenvalue weighted by Crippen LogP contribution is -2.40. The van der Waals surface area contributed by atoms with Crippen LogP contribution in [0.15, 0.2) is 36.5 Å². The molecule has 27 heavy (non-hydrogen) atoms. The first-order chi connectivity index (χ1) is 12.9. The molecule has 0 unspecified atom stereocenters. The molecule has 0 bridgehead atoms. The van der Waals surface area contributed by atoms with Crippen molar-refractivity contribution in [3.8, 4) is 11.3 Å². The van der Waals surface area contributed by atoms with E-state index in [-0.39, 0.29) is 5.56 Å². The van der Waals surface area contributed by atoms with E-state index in [0.717, 1.165) is 0 Å². The third-order valence-electron chi connectivity index (χ3n) is 3.67. The smallest absolute Gasteiger partial charge is 0.405 e. The molecule has 0 aliphatic carbocycles. The van der Waals surface area contributed by atoms with Crippen LogP contribution in [0.5, 0.6) is 0 Å². The maximum Gasteiger partial charge on any atom is 0.405 e. The highest BCUT2D eigenvalue weighted by molar-refractivity contribution is 6.01. The number of nitrogens with zero attached hydrogens (tertiary/aromatic N) is 1. The molecule has 8 nitrogen and oxygen atoms in total. The van der Waals surface area contributed by atoms with E-state index in [9.17, 15) is 14.0 Å². The van der Waals surface area contributed by atoms with E-state index in [2.05, 4.69) is 20.9 Å². The van der Waals surface area contributed by atoms with Gasteiger partial charge in [-0.2, -0.15) is 0 Å². The largest absolute Gasteiger partial charge is 0.465 e. The van der Waals surface area contributed by atoms with Crippen molar-refractivity contribution in [2.24, 2.45) is 0 Å². The molecule has 9 heteroatoms. The molecule has 4 N–H and O–H groups in total. The molecule has 0 spiro atoms. The van der Waals surface area contributed by atoms with Gasteiger partial charge in [-0.3, -0.25) is 9.78 Å². The maximum atomic E-state index is 14.6. The van der Waals surface area contributed by atoms with Crippen molar-refractivity contribution in [3.05, 3.63) is 42.3 Å². The molecule has 1 aromatic carbocycles. The van der Waals surface area contributed by atoms with Gasteiger partial charge in [0.25, 0.3) is 0 Å². The quantitative estimate of drug-likeness (QED) is 0.527. The molecule has 1 aromatic heterocycles. The summed E-state index contributed by atoms with van der Waals surface area (Å²) >= 11 is 0. The second-order valence-corrected chi connectivity index (χ2v) is 5.64. The molecule has 2 aromatic rings. The number of carbonyl (C=O) groups excluding carboxylic acids is 1. The standard InChI is InChI=1S/C18H21FN4O4/c1-11(22-18(25)26)17(24)23-14-7-6-12(19)15(13-5-3-4-8-20-13)16(14)21-9-10-27-2/h3-8,11,21-22H,9-10H2,1-2H3,(H,23,24)(H,25,26)/t11-/m0/s1. The molecule has 144 valence electrons. The molecular weight excluding hydrogens is 355 g/mol. The van der Waals surface area contributed by atoms with Crippen LogP contribution in [0.2, 0.25) is 0 Å². The maximum absolute atomic E-state index is 14.6. The minimum absolute atomic E-state index is 0.198. The summed E-state index contributed by atoms with van der Waals surface area (Å²) in [6, 6.07) is 6.73. The van der Waals surface area contributed by atoms with E-state index in [1.807, 2.05) is 0 Å². The molecule has 1 heterocycles. The number of pyridine rings is 1. The van der Waals surface area contributed by atoms with Crippen molar-refractivity contribution >= 4 is 23.4 Å². The Kier molecular flexibility index (Phi) is 7.07. The summed E-state index contributed by atoms with van der Waals surface area (Å²) in [6.07, 6.45) is 0.224. The lowest BCUT2D eigenvalue weighted by molar-refractivity contribution is -0.117. The Morgan fingerprint density at radius 1 is 1.30 bits per heavy atom. The van der Waals surface area contributed by atoms with Crippen LogP contribution in [-0.4, -0.2) is 48.4 Å². The first kappa shape index (κ1) is 20.1. The average Bonchev–Trinajstić information content (AvgIpc) is 2.64. The fraction of sp³-hybridized carbons (Fsp3) is 0.278. The van der Waals surface area contributed by atoms with E-state index in [4.69, 9.17) is 9.84 Å². The highest BCUT2D eigenvalue weighted by Gasteiger charge is 2.20. The molecule has 2 rings (SSSR count). The summed E-state index contributed by atoms with van der Waals surface area (Å²) < 4.78 is 19.6. The Morgan fingerprint density at radius 2 is 2.07 bits per heavy atom. The molecule has 0 fully saturated rings. The summed E-state index contributed by atoms with van der Waals surface area (Å²) in [7, 11) is 1.54. The molecule has 0 aliphatic heterocycles. The number of hydrogen-bond donors (Lipinski definition) is 4. The third kappa shape index (κ3) is 5.38. The fourth-order valence-corrected chi connectivity index (χ4v) is 2.40. The minimum Gasteiger partial charge on any atom is -0.465 e. The zero-order chi connectivity index (χ0) is 19.8. The van der Waals surface area contributed by atoms with Gasteiger partial charge in [-0.05, 0) is 31.2 Å². The van der Waals surface area contributed by atoms with Gasteiger partial charge >= 0.3 is 6.09 Å². The number of benzene rings is 1. The van der Waals surface area contributed by atoms with Crippen molar-refractivity contribution < 1.29 is 23.8 Å². The van der Waals surface area contributed by atoms with Crippen LogP contribution in [-0.2, 0) is 9.53 Å². The molecule has 0 saturated heterocycles. The number of hydrogen-bond acceptors (Lipinski definition) is 5. The van der Waals surface area contributed by atoms with Gasteiger partial charge in [0.05, 0.1) is 29.2 Å². The van der Waals surface area contributed by atoms with Crippen molar-refractivity contribution in [2.75, 3.05) is 30.9 Å². The number of carbonyl (C=O) groups is 2. The van der Waals surface area contributed by atoms with Gasteiger partial charge in [0.1, 0.15) is 11.9 Å². The van der Waals surface area contributed by atoms with Crippen LogP contribution in [0.1, 0.15) is 6.92 Å². The number of carboxylic acid groups (broad SMARTS) is 1. The Bertz CT molecular complexity index is 801. The Balaban J connectivity index is 2.41. The number of methoxy groups -OCH3 is 1. The van der Waals surface area contributed by atoms with Crippen molar-refractivity contribution in [1.29, 1.82) is 0 Å². The topological polar surface area (TPSA) is 113 Å². The predicted octanol–water partition coefficient (Wildman–Crippen LogP) is 2.54. The van der Waals surface area contributed by atoms with E-state index in [1.165, 1.54) is 32.4 Å². The Hall–Kier alpha value is -3.20. The summed E-state index contributed by atoms with van der Waals surface area (Å²) in [4.78, 5) is 27.2. The molecular formula is C18H21FN4O4. The summed E-state index contributed by atoms with van der Waals surface area (Å²) in [5, 5.41) is 16.5. The van der Waals surface area contributed by atoms with Gasteiger partial charge in [0.15, 0.2) is 0 Å². The second-order valence-electron chi connectivity index (χ2n) is 5.64. The zero-order valence-electron chi connectivity index (χ0n) is 15.0. The summed E-state index contributed by atoms with van der Waals surface area (Å²) in [6.45, 7) is 2.14. The SMILES string of the molecule is COCCNc1c(NC(=O)[C@H](C)NC(=O)O)ccc(F)c1-c1ccccn1. The predicted molar refractivity (Wildman–Crippen MR) is 99.2 cm³/mol. The van der Waals surface area contributed by atoms with Crippen molar-refractivity contribution in [3.63, 3.8) is 0 Å². The van der Waals surface area contributed by atoms with Gasteiger partial charge < -0.3 is 25.8 Å². The van der Waals surface area contributed by atoms with Gasteiger partial charge in [-0.15, -0.1) is 0 Å². The van der Waals surface area contributed by atoms with E-state index >= 15 is 0 Å². The van der Waals surface area contributed by atoms with Gasteiger partial charge in [-0.1, -0.05) is 6.07 Å². The Morgan fingerprint density at radius 3 is 2.70 bits per heavy atom. The number of amides is 2. The zero-order valence-corrected chi connectivity index (χ0v) is 15.0. The molecule has 0 radical (unpaired) electrons. The number of anilines is 2. The third-order valence-corrected chi connectivity index (χ3v) is 3.67. The minimum atomic E-state index is -1.32. The van der Waals surface area contributed by atoms with Gasteiger partial charge in [-0.25, -0.2) is 9.18 Å². The average molecular weight is 376 g/mol. The number of aromatic nitrogens is 1. The van der Waals surface area contributed by atoms with Gasteiger partial charge in [0, 0.05) is 19.9 Å². The number of halogens is 1. The van der Waals surface area contributed by atoms with Crippen LogP contribution in [0.3, 0.4) is 0 Å². The lowest BCUT2D eigenvalue weighted by Gasteiger charge is -2.19. The van der Waals surface area contributed by atoms with Crippen LogP contribution >= 0.6 is 0 Å². The van der Waals surface area contributed by atoms with Crippen LogP contribution in [0.4, 0.5) is 20.6 Å². The van der Waals surface area contributed by atoms with Gasteiger partial charge in [0.2, 0.25) is 5.91 Å². The molecule has 0 aliphatic rings. The normalized spacial score (nSPS) is 11.5. The van der Waals surface area contributed by atoms with Crippen molar-refractivity contribution in [2.45, 2.75) is 13.0 Å². The van der Waals surface area contributed by atoms with Crippen LogP contribution in [0, 0.1) is 5.82 Å². The number of nitrogens with one attached hydrogen (secondary N) is 3. The van der Waals surface area contributed by atoms with Crippen LogP contribution < -0.4 is 16.0 Å². The van der Waals surface area contributed by atoms with E-state index < -0.39 is 23.9 Å². The monoisotopic (exact) mass is 376 g/mol. The molecule has 1 atom stereocenters. The van der Waals surface area contributed by atoms with E-state index in [1.54, 1.807) is 18.2 Å². The molecule has 2 amide bonds. The first-order valence-corrected chi connectivity index (χ1v) is 8.21. The molecule has 0 saturated carbocycles. The highest BCUT2D eigenvalue weighted by Crippen LogP contribution is 2.35. The lowest BCUT2D eigenvalue weighted by atomic mass is 10.1. The van der Waals surface area contributed by atoms with Crippen LogP contribution in [0.25, 0.3) is 11.3 Å². The number of ether oxygens (including phenoxy) is 1. The fourth-order valence-electron chi connectivity index (χ4n) is 2.40.